The van der Waals surface area contributed by atoms with E-state index in [-0.39, 0.29) is 129 Å². The van der Waals surface area contributed by atoms with Gasteiger partial charge >= 0.3 is 23.9 Å². The number of carbonyl (C=O) groups is 4. The maximum Gasteiger partial charge on any atom is 0.307 e. The number of rotatable bonds is 40. The van der Waals surface area contributed by atoms with Crippen LogP contribution in [-0.4, -0.2) is 175 Å². The van der Waals surface area contributed by atoms with Crippen LogP contribution in [0.4, 0.5) is 0 Å². The molecular weight excluding hydrogens is 698 g/mol. The summed E-state index contributed by atoms with van der Waals surface area (Å²) in [5.41, 5.74) is 15.4. The largest absolute Gasteiger partial charge is 0.463 e. The van der Waals surface area contributed by atoms with E-state index >= 15 is 0 Å². The van der Waals surface area contributed by atoms with E-state index in [1.165, 1.54) is 0 Å². The second-order valence-electron chi connectivity index (χ2n) is 12.0. The Labute approximate surface area is 315 Å². The summed E-state index contributed by atoms with van der Waals surface area (Å²) in [7, 11) is 0. The molecule has 0 aromatic carbocycles. The lowest BCUT2D eigenvalue weighted by Crippen LogP contribution is -2.43. The van der Waals surface area contributed by atoms with Gasteiger partial charge in [-0.25, -0.2) is 0 Å². The number of esters is 4. The molecule has 0 spiro atoms. The fraction of sp³-hybridized carbons (Fsp3) is 0.882. The van der Waals surface area contributed by atoms with Crippen molar-refractivity contribution in [2.75, 3.05) is 151 Å². The number of hydrogen-bond donors (Lipinski definition) is 7. The zero-order valence-electron chi connectivity index (χ0n) is 31.9. The standard InChI is InChI=1S/C34H69N7O12/c1-2-10-38-11-3-30(42)50-22-18-46-26-34(27-47-19-23-51-31(43)4-12-39-15-7-35,28-48-20-24-52-32(44)5-13-40-16-8-36)29-49-21-25-53-33(45)6-14-41-17-9-37/h38-41H,2-29,35-37H2,1H3. The molecular formula is C34H69N7O12. The first-order chi connectivity index (χ1) is 25.8. The van der Waals surface area contributed by atoms with Crippen molar-refractivity contribution in [3.8, 4) is 0 Å². The first kappa shape index (κ1) is 50.4. The smallest absolute Gasteiger partial charge is 0.307 e. The van der Waals surface area contributed by atoms with Crippen molar-refractivity contribution in [2.24, 2.45) is 22.6 Å². The van der Waals surface area contributed by atoms with Crippen LogP contribution in [0, 0.1) is 5.41 Å². The minimum absolute atomic E-state index is 0.0314. The Morgan fingerprint density at radius 1 is 0.415 bits per heavy atom. The molecule has 19 nitrogen and oxygen atoms in total. The SMILES string of the molecule is CCCNCCC(=O)OCCOCC(COCCOC(=O)CCNCCN)(COCCOC(=O)CCNCCN)COCCOC(=O)CCNCCN. The van der Waals surface area contributed by atoms with Gasteiger partial charge in [-0.15, -0.1) is 0 Å². The van der Waals surface area contributed by atoms with Gasteiger partial charge in [-0.05, 0) is 13.0 Å². The van der Waals surface area contributed by atoms with Gasteiger partial charge in [0.2, 0.25) is 0 Å². The van der Waals surface area contributed by atoms with Gasteiger partial charge < -0.3 is 76.4 Å². The molecule has 0 aliphatic carbocycles. The lowest BCUT2D eigenvalue weighted by atomic mass is 9.92. The second kappa shape index (κ2) is 37.7. The van der Waals surface area contributed by atoms with Gasteiger partial charge in [-0.2, -0.15) is 0 Å². The third-order valence-electron chi connectivity index (χ3n) is 7.01. The minimum Gasteiger partial charge on any atom is -0.463 e. The molecule has 0 fully saturated rings. The quantitative estimate of drug-likeness (QED) is 0.0192. The number of hydrogen-bond acceptors (Lipinski definition) is 19. The van der Waals surface area contributed by atoms with E-state index in [0.29, 0.717) is 65.4 Å². The number of ether oxygens (including phenoxy) is 8. The van der Waals surface area contributed by atoms with Crippen molar-refractivity contribution >= 4 is 23.9 Å². The third kappa shape index (κ3) is 33.7. The molecule has 53 heavy (non-hydrogen) atoms. The van der Waals surface area contributed by atoms with Crippen molar-refractivity contribution in [3.63, 3.8) is 0 Å². The molecule has 0 radical (unpaired) electrons. The van der Waals surface area contributed by atoms with Crippen molar-refractivity contribution < 1.29 is 57.1 Å². The Kier molecular flexibility index (Phi) is 35.9. The minimum atomic E-state index is -0.892. The predicted molar refractivity (Wildman–Crippen MR) is 197 cm³/mol. The van der Waals surface area contributed by atoms with Gasteiger partial charge in [0.25, 0.3) is 0 Å². The summed E-state index contributed by atoms with van der Waals surface area (Å²) in [6, 6.07) is 0. The van der Waals surface area contributed by atoms with Gasteiger partial charge in [0.05, 0.1) is 84.0 Å². The Balaban J connectivity index is 5.26. The topological polar surface area (TPSA) is 268 Å². The lowest BCUT2D eigenvalue weighted by molar-refractivity contribution is -0.151. The first-order valence-corrected chi connectivity index (χ1v) is 18.7. The molecule has 0 atom stereocenters. The van der Waals surface area contributed by atoms with Crippen molar-refractivity contribution in [1.82, 2.24) is 21.3 Å². The maximum absolute atomic E-state index is 12.1. The van der Waals surface area contributed by atoms with E-state index < -0.39 is 5.41 Å². The molecule has 19 heteroatoms. The first-order valence-electron chi connectivity index (χ1n) is 18.7. The van der Waals surface area contributed by atoms with Crippen molar-refractivity contribution in [2.45, 2.75) is 39.0 Å². The van der Waals surface area contributed by atoms with Crippen LogP contribution >= 0.6 is 0 Å². The van der Waals surface area contributed by atoms with Gasteiger partial charge in [0.15, 0.2) is 0 Å². The average molecular weight is 768 g/mol. The zero-order chi connectivity index (χ0) is 39.1. The Hall–Kier alpha value is -2.56. The maximum atomic E-state index is 12.1. The molecule has 0 aromatic rings. The predicted octanol–water partition coefficient (Wildman–Crippen LogP) is -2.58. The Bertz CT molecular complexity index is 767. The molecule has 0 saturated carbocycles. The molecule has 0 unspecified atom stereocenters. The molecule has 0 aromatic heterocycles. The second-order valence-corrected chi connectivity index (χ2v) is 12.0. The molecule has 0 aliphatic rings. The fourth-order valence-electron chi connectivity index (χ4n) is 4.30. The highest BCUT2D eigenvalue weighted by molar-refractivity contribution is 5.70. The van der Waals surface area contributed by atoms with E-state index in [2.05, 4.69) is 21.3 Å². The van der Waals surface area contributed by atoms with Gasteiger partial charge in [-0.3, -0.25) is 19.2 Å². The highest BCUT2D eigenvalue weighted by Gasteiger charge is 2.33. The van der Waals surface area contributed by atoms with Gasteiger partial charge in [-0.1, -0.05) is 6.92 Å². The summed E-state index contributed by atoms with van der Waals surface area (Å²) in [6.07, 6.45) is 1.81. The van der Waals surface area contributed by atoms with Crippen molar-refractivity contribution in [3.05, 3.63) is 0 Å². The summed E-state index contributed by atoms with van der Waals surface area (Å²) < 4.78 is 44.8. The molecule has 10 N–H and O–H groups in total. The van der Waals surface area contributed by atoms with E-state index in [0.717, 1.165) is 13.0 Å². The van der Waals surface area contributed by atoms with Gasteiger partial charge in [0.1, 0.15) is 26.4 Å². The van der Waals surface area contributed by atoms with Crippen LogP contribution in [0.25, 0.3) is 0 Å². The molecule has 0 aliphatic heterocycles. The van der Waals surface area contributed by atoms with E-state index in [1.807, 2.05) is 6.92 Å². The summed E-state index contributed by atoms with van der Waals surface area (Å²) in [5.74, 6) is -1.45. The molecule has 312 valence electrons. The molecule has 0 rings (SSSR count). The zero-order valence-corrected chi connectivity index (χ0v) is 31.9. The molecule has 0 bridgehead atoms. The molecule has 0 amide bonds. The molecule has 0 heterocycles. The third-order valence-corrected chi connectivity index (χ3v) is 7.01. The summed E-state index contributed by atoms with van der Waals surface area (Å²) in [6.45, 7) is 8.84. The van der Waals surface area contributed by atoms with Crippen LogP contribution in [0.5, 0.6) is 0 Å². The molecule has 0 saturated heterocycles. The van der Waals surface area contributed by atoms with Crippen molar-refractivity contribution in [1.29, 1.82) is 0 Å². The van der Waals surface area contributed by atoms with Crippen LogP contribution < -0.4 is 38.5 Å². The van der Waals surface area contributed by atoms with Crippen LogP contribution in [0.2, 0.25) is 0 Å². The summed E-state index contributed by atoms with van der Waals surface area (Å²) in [4.78, 5) is 48.2. The van der Waals surface area contributed by atoms with Crippen LogP contribution in [-0.2, 0) is 57.1 Å². The Morgan fingerprint density at radius 2 is 0.679 bits per heavy atom. The highest BCUT2D eigenvalue weighted by atomic mass is 16.6. The summed E-state index contributed by atoms with van der Waals surface area (Å²) >= 11 is 0. The normalized spacial score (nSPS) is 11.4. The number of nitrogens with two attached hydrogens (primary N) is 3. The lowest BCUT2D eigenvalue weighted by Gasteiger charge is -2.33. The van der Waals surface area contributed by atoms with Crippen LogP contribution in [0.3, 0.4) is 0 Å². The van der Waals surface area contributed by atoms with E-state index in [1.54, 1.807) is 0 Å². The Morgan fingerprint density at radius 3 is 0.925 bits per heavy atom. The fourth-order valence-corrected chi connectivity index (χ4v) is 4.30. The monoisotopic (exact) mass is 768 g/mol. The van der Waals surface area contributed by atoms with Crippen LogP contribution in [0.1, 0.15) is 39.0 Å². The van der Waals surface area contributed by atoms with Crippen LogP contribution in [0.15, 0.2) is 0 Å². The number of nitrogens with one attached hydrogen (secondary N) is 4. The van der Waals surface area contributed by atoms with Gasteiger partial charge in [0, 0.05) is 65.4 Å². The average Bonchev–Trinajstić information content (AvgIpc) is 3.14. The highest BCUT2D eigenvalue weighted by Crippen LogP contribution is 2.21. The van der Waals surface area contributed by atoms with E-state index in [4.69, 9.17) is 55.1 Å². The number of carbonyl (C=O) groups excluding carboxylic acids is 4. The summed E-state index contributed by atoms with van der Waals surface area (Å²) in [5, 5.41) is 12.3. The van der Waals surface area contributed by atoms with E-state index in [9.17, 15) is 19.2 Å².